The zero-order valence-electron chi connectivity index (χ0n) is 24.7. The van der Waals surface area contributed by atoms with Crippen LogP contribution in [0.15, 0.2) is 100 Å². The zero-order valence-corrected chi connectivity index (χ0v) is 24.7. The maximum absolute atomic E-state index is 13.4. The minimum Gasteiger partial charge on any atom is -0.339 e. The summed E-state index contributed by atoms with van der Waals surface area (Å²) in [4.78, 5) is 14.1. The first-order valence-corrected chi connectivity index (χ1v) is 13.7. The number of rotatable bonds is 9. The van der Waals surface area contributed by atoms with Crippen LogP contribution in [0.5, 0.6) is 0 Å². The summed E-state index contributed by atoms with van der Waals surface area (Å²) in [6, 6.07) is 12.7. The molecule has 1 N–H and O–H groups in total. The Balaban J connectivity index is 0.00000260. The summed E-state index contributed by atoms with van der Waals surface area (Å²) >= 11 is 0. The summed E-state index contributed by atoms with van der Waals surface area (Å²) in [6.45, 7) is 20.7. The van der Waals surface area contributed by atoms with E-state index in [4.69, 9.17) is 9.98 Å². The Hall–Kier alpha value is -3.86. The SMILES string of the molecule is C=C(c1ccc(F)cc1)c1cc(NC(=N/C=C\C)C2=NC=CC2/C(C=NC(C)C(C)C)=C/C)ccc1C.CC. The lowest BCUT2D eigenvalue weighted by molar-refractivity contribution is 0.533. The standard InChI is InChI=1S/C32H37FN4.C2H6/c1-8-17-35-32(31-29(16-18-34-31)25(9-2)20-36-24(7)21(3)4)37-28-15-10-22(5)30(19-28)23(6)26-11-13-27(33)14-12-26;1-2/h8-21,24,29H,6H2,1-5,7H3,(H,35,37);1-2H3/b17-8-,25-9+,36-20?;. The summed E-state index contributed by atoms with van der Waals surface area (Å²) in [6.07, 6.45) is 11.6. The van der Waals surface area contributed by atoms with E-state index in [0.717, 1.165) is 39.2 Å². The molecule has 1 aliphatic heterocycles. The number of amidine groups is 1. The second-order valence-corrected chi connectivity index (χ2v) is 9.49. The third-order valence-corrected chi connectivity index (χ3v) is 6.52. The van der Waals surface area contributed by atoms with Crippen molar-refractivity contribution in [1.82, 2.24) is 0 Å². The number of aliphatic imine (C=N–C) groups is 3. The number of nitrogens with zero attached hydrogens (tertiary/aromatic N) is 3. The van der Waals surface area contributed by atoms with Crippen molar-refractivity contribution in [2.24, 2.45) is 26.8 Å². The minimum absolute atomic E-state index is 0.0521. The smallest absolute Gasteiger partial charge is 0.153 e. The van der Waals surface area contributed by atoms with Crippen molar-refractivity contribution in [3.05, 3.63) is 108 Å². The van der Waals surface area contributed by atoms with E-state index in [1.807, 2.05) is 71.3 Å². The van der Waals surface area contributed by atoms with Crippen molar-refractivity contribution in [1.29, 1.82) is 0 Å². The van der Waals surface area contributed by atoms with Crippen LogP contribution in [0.3, 0.4) is 0 Å². The molecule has 39 heavy (non-hydrogen) atoms. The van der Waals surface area contributed by atoms with Crippen LogP contribution < -0.4 is 5.32 Å². The van der Waals surface area contributed by atoms with Crippen molar-refractivity contribution < 1.29 is 4.39 Å². The van der Waals surface area contributed by atoms with Crippen LogP contribution in [0.2, 0.25) is 0 Å². The summed E-state index contributed by atoms with van der Waals surface area (Å²) in [7, 11) is 0. The van der Waals surface area contributed by atoms with Gasteiger partial charge in [-0.2, -0.15) is 0 Å². The number of halogens is 1. The molecule has 0 fully saturated rings. The maximum atomic E-state index is 13.4. The third kappa shape index (κ3) is 8.57. The molecule has 2 atom stereocenters. The fraction of sp³-hybridized carbons (Fsp3) is 0.324. The van der Waals surface area contributed by atoms with Crippen LogP contribution in [0, 0.1) is 24.6 Å². The second kappa shape index (κ2) is 15.5. The van der Waals surface area contributed by atoms with E-state index in [0.29, 0.717) is 11.8 Å². The monoisotopic (exact) mass is 526 g/mol. The fourth-order valence-electron chi connectivity index (χ4n) is 3.85. The highest BCUT2D eigenvalue weighted by Crippen LogP contribution is 2.28. The zero-order chi connectivity index (χ0) is 28.9. The van der Waals surface area contributed by atoms with Gasteiger partial charge < -0.3 is 5.32 Å². The number of aryl methyl sites for hydroxylation is 1. The molecule has 5 heteroatoms. The molecule has 0 spiro atoms. The van der Waals surface area contributed by atoms with Gasteiger partial charge in [-0.1, -0.05) is 70.7 Å². The molecule has 1 heterocycles. The third-order valence-electron chi connectivity index (χ3n) is 6.52. The number of benzene rings is 2. The van der Waals surface area contributed by atoms with Gasteiger partial charge in [0.05, 0.1) is 11.6 Å². The average Bonchev–Trinajstić information content (AvgIpc) is 3.43. The maximum Gasteiger partial charge on any atom is 0.153 e. The van der Waals surface area contributed by atoms with Gasteiger partial charge in [-0.3, -0.25) is 9.98 Å². The van der Waals surface area contributed by atoms with Crippen LogP contribution in [0.4, 0.5) is 10.1 Å². The van der Waals surface area contributed by atoms with E-state index >= 15 is 0 Å². The lowest BCUT2D eigenvalue weighted by atomic mass is 9.93. The van der Waals surface area contributed by atoms with Crippen molar-refractivity contribution in [2.45, 2.75) is 61.4 Å². The molecule has 2 aromatic carbocycles. The first-order chi connectivity index (χ1) is 18.7. The Morgan fingerprint density at radius 2 is 1.77 bits per heavy atom. The molecule has 0 aliphatic carbocycles. The molecule has 4 nitrogen and oxygen atoms in total. The second-order valence-electron chi connectivity index (χ2n) is 9.49. The number of hydrogen-bond donors (Lipinski definition) is 1. The van der Waals surface area contributed by atoms with Gasteiger partial charge in [0.25, 0.3) is 0 Å². The molecule has 0 radical (unpaired) electrons. The Morgan fingerprint density at radius 3 is 2.38 bits per heavy atom. The van der Waals surface area contributed by atoms with Gasteiger partial charge >= 0.3 is 0 Å². The van der Waals surface area contributed by atoms with Gasteiger partial charge in [0.1, 0.15) is 5.82 Å². The summed E-state index contributed by atoms with van der Waals surface area (Å²) in [5.41, 5.74) is 6.53. The lowest BCUT2D eigenvalue weighted by Gasteiger charge is -2.18. The first-order valence-electron chi connectivity index (χ1n) is 13.7. The predicted molar refractivity (Wildman–Crippen MR) is 170 cm³/mol. The van der Waals surface area contributed by atoms with Gasteiger partial charge in [0, 0.05) is 30.3 Å². The fourth-order valence-corrected chi connectivity index (χ4v) is 3.85. The normalized spacial score (nSPS) is 16.5. The number of hydrogen-bond acceptors (Lipinski definition) is 3. The lowest BCUT2D eigenvalue weighted by Crippen LogP contribution is -2.29. The summed E-state index contributed by atoms with van der Waals surface area (Å²) < 4.78 is 13.4. The highest BCUT2D eigenvalue weighted by Gasteiger charge is 2.25. The minimum atomic E-state index is -0.266. The summed E-state index contributed by atoms with van der Waals surface area (Å²) in [5, 5.41) is 3.49. The Kier molecular flexibility index (Phi) is 12.5. The molecule has 0 saturated heterocycles. The molecule has 1 aliphatic rings. The molecule has 0 bridgehead atoms. The Bertz CT molecular complexity index is 1290. The molecule has 0 saturated carbocycles. The van der Waals surface area contributed by atoms with E-state index in [-0.39, 0.29) is 17.8 Å². The van der Waals surface area contributed by atoms with Crippen LogP contribution in [-0.4, -0.2) is 23.8 Å². The van der Waals surface area contributed by atoms with Crippen LogP contribution in [-0.2, 0) is 0 Å². The number of allylic oxidation sites excluding steroid dienone is 4. The molecule has 0 aromatic heterocycles. The van der Waals surface area contributed by atoms with Crippen molar-refractivity contribution in [3.8, 4) is 0 Å². The van der Waals surface area contributed by atoms with E-state index in [9.17, 15) is 4.39 Å². The van der Waals surface area contributed by atoms with Crippen molar-refractivity contribution >= 4 is 29.0 Å². The Morgan fingerprint density at radius 1 is 1.08 bits per heavy atom. The van der Waals surface area contributed by atoms with Crippen molar-refractivity contribution in [3.63, 3.8) is 0 Å². The highest BCUT2D eigenvalue weighted by molar-refractivity contribution is 6.48. The van der Waals surface area contributed by atoms with Crippen molar-refractivity contribution in [2.75, 3.05) is 5.32 Å². The molecular weight excluding hydrogens is 483 g/mol. The van der Waals surface area contributed by atoms with E-state index in [1.165, 1.54) is 12.1 Å². The van der Waals surface area contributed by atoms with E-state index in [2.05, 4.69) is 49.8 Å². The van der Waals surface area contributed by atoms with Crippen LogP contribution in [0.1, 0.15) is 65.2 Å². The van der Waals surface area contributed by atoms with Gasteiger partial charge in [0.2, 0.25) is 0 Å². The largest absolute Gasteiger partial charge is 0.339 e. The van der Waals surface area contributed by atoms with E-state index in [1.54, 1.807) is 18.3 Å². The van der Waals surface area contributed by atoms with Crippen LogP contribution in [0.25, 0.3) is 5.57 Å². The Labute approximate surface area is 234 Å². The van der Waals surface area contributed by atoms with Gasteiger partial charge in [-0.05, 0) is 85.7 Å². The van der Waals surface area contributed by atoms with Crippen LogP contribution >= 0.6 is 0 Å². The van der Waals surface area contributed by atoms with Gasteiger partial charge in [-0.15, -0.1) is 0 Å². The quantitative estimate of drug-likeness (QED) is 0.257. The predicted octanol–water partition coefficient (Wildman–Crippen LogP) is 9.21. The molecular formula is C34H43FN4. The topological polar surface area (TPSA) is 49.1 Å². The molecule has 3 rings (SSSR count). The van der Waals surface area contributed by atoms with Gasteiger partial charge in [-0.25, -0.2) is 9.38 Å². The first kappa shape index (κ1) is 31.4. The van der Waals surface area contributed by atoms with E-state index < -0.39 is 0 Å². The molecule has 2 unspecified atom stereocenters. The average molecular weight is 527 g/mol. The summed E-state index contributed by atoms with van der Waals surface area (Å²) in [5.74, 6) is 0.817. The van der Waals surface area contributed by atoms with Gasteiger partial charge in [0.15, 0.2) is 5.84 Å². The highest BCUT2D eigenvalue weighted by atomic mass is 19.1. The molecule has 0 amide bonds. The molecule has 2 aromatic rings. The number of nitrogens with one attached hydrogen (secondary N) is 1. The number of anilines is 1. The molecule has 206 valence electrons.